The number of aryl methyl sites for hydroxylation is 2. The van der Waals surface area contributed by atoms with E-state index in [1.165, 1.54) is 7.05 Å². The molecule has 0 spiro atoms. The van der Waals surface area contributed by atoms with E-state index in [2.05, 4.69) is 10.2 Å². The van der Waals surface area contributed by atoms with Crippen LogP contribution in [0.25, 0.3) is 0 Å². The van der Waals surface area contributed by atoms with Crippen LogP contribution >= 0.6 is 0 Å². The molecule has 25 heavy (non-hydrogen) atoms. The zero-order chi connectivity index (χ0) is 18.4. The molecule has 1 fully saturated rings. The first kappa shape index (κ1) is 17.9. The van der Waals surface area contributed by atoms with Crippen molar-refractivity contribution >= 4 is 10.0 Å². The summed E-state index contributed by atoms with van der Waals surface area (Å²) in [6.07, 6.45) is 1.23. The average Bonchev–Trinajstić information content (AvgIpc) is 3.13. The van der Waals surface area contributed by atoms with Gasteiger partial charge in [-0.1, -0.05) is 6.42 Å². The van der Waals surface area contributed by atoms with Crippen LogP contribution in [0, 0.1) is 0 Å². The normalized spacial score (nSPS) is 20.1. The first-order valence-corrected chi connectivity index (χ1v) is 9.16. The minimum Gasteiger partial charge on any atom is -0.275 e. The van der Waals surface area contributed by atoms with Crippen molar-refractivity contribution in [3.8, 4) is 0 Å². The fourth-order valence-electron chi connectivity index (χ4n) is 3.12. The predicted octanol–water partition coefficient (Wildman–Crippen LogP) is 2.09. The molecular formula is C14H18F3N5O2S. The third kappa shape index (κ3) is 3.30. The Balaban J connectivity index is 2.06. The van der Waals surface area contributed by atoms with E-state index in [-0.39, 0.29) is 6.54 Å². The van der Waals surface area contributed by atoms with E-state index in [0.29, 0.717) is 18.4 Å². The minimum absolute atomic E-state index is 0.161. The molecular weight excluding hydrogens is 359 g/mol. The van der Waals surface area contributed by atoms with Crippen LogP contribution in [0.3, 0.4) is 0 Å². The van der Waals surface area contributed by atoms with Crippen molar-refractivity contribution in [1.29, 1.82) is 0 Å². The highest BCUT2D eigenvalue weighted by Gasteiger charge is 2.44. The largest absolute Gasteiger partial charge is 0.436 e. The lowest BCUT2D eigenvalue weighted by Crippen LogP contribution is -2.39. The van der Waals surface area contributed by atoms with E-state index in [1.54, 1.807) is 24.1 Å². The van der Waals surface area contributed by atoms with Gasteiger partial charge in [-0.2, -0.15) is 27.7 Å². The molecule has 0 radical (unpaired) electrons. The Morgan fingerprint density at radius 2 is 1.88 bits per heavy atom. The molecule has 0 aliphatic carbocycles. The Bertz CT molecular complexity index is 871. The zero-order valence-corrected chi connectivity index (χ0v) is 14.5. The molecule has 3 rings (SSSR count). The van der Waals surface area contributed by atoms with Crippen molar-refractivity contribution in [3.63, 3.8) is 0 Å². The average molecular weight is 377 g/mol. The van der Waals surface area contributed by atoms with E-state index >= 15 is 0 Å². The van der Waals surface area contributed by atoms with Crippen molar-refractivity contribution in [2.45, 2.75) is 36.4 Å². The molecule has 0 bridgehead atoms. The number of nitrogens with zero attached hydrogens (tertiary/aromatic N) is 5. The van der Waals surface area contributed by atoms with Crippen LogP contribution in [0.5, 0.6) is 0 Å². The summed E-state index contributed by atoms with van der Waals surface area (Å²) >= 11 is 0. The molecule has 1 unspecified atom stereocenters. The Morgan fingerprint density at radius 3 is 2.48 bits per heavy atom. The van der Waals surface area contributed by atoms with Gasteiger partial charge in [-0.05, 0) is 12.8 Å². The number of sulfonamides is 1. The highest BCUT2D eigenvalue weighted by atomic mass is 32.2. The Kier molecular flexibility index (Phi) is 4.40. The van der Waals surface area contributed by atoms with Crippen LogP contribution in [-0.4, -0.2) is 38.8 Å². The lowest BCUT2D eigenvalue weighted by molar-refractivity contribution is -0.143. The van der Waals surface area contributed by atoms with Crippen LogP contribution < -0.4 is 0 Å². The number of halogens is 3. The second-order valence-electron chi connectivity index (χ2n) is 6.09. The van der Waals surface area contributed by atoms with Gasteiger partial charge in [0, 0.05) is 38.6 Å². The molecule has 11 heteroatoms. The minimum atomic E-state index is -4.84. The van der Waals surface area contributed by atoms with Gasteiger partial charge in [-0.3, -0.25) is 9.36 Å². The first-order chi connectivity index (χ1) is 11.6. The standard InChI is InChI=1S/C14H18F3N5O2S/c1-20-8-10(7-18-20)11-5-3-4-6-22(11)25(23,24)12-9-21(2)19-13(12)14(15,16)17/h7-9,11H,3-6H2,1-2H3. The van der Waals surface area contributed by atoms with Gasteiger partial charge in [-0.15, -0.1) is 0 Å². The van der Waals surface area contributed by atoms with Crippen LogP contribution in [-0.2, 0) is 30.3 Å². The van der Waals surface area contributed by atoms with Crippen molar-refractivity contribution in [1.82, 2.24) is 23.9 Å². The fourth-order valence-corrected chi connectivity index (χ4v) is 4.99. The maximum atomic E-state index is 13.2. The third-order valence-corrected chi connectivity index (χ3v) is 6.12. The lowest BCUT2D eigenvalue weighted by Gasteiger charge is -2.34. The van der Waals surface area contributed by atoms with Gasteiger partial charge < -0.3 is 0 Å². The maximum absolute atomic E-state index is 13.2. The number of rotatable bonds is 3. The number of hydrogen-bond donors (Lipinski definition) is 0. The summed E-state index contributed by atoms with van der Waals surface area (Å²) in [5, 5.41) is 7.35. The molecule has 0 N–H and O–H groups in total. The second-order valence-corrected chi connectivity index (χ2v) is 7.95. The number of hydrogen-bond acceptors (Lipinski definition) is 4. The van der Waals surface area contributed by atoms with E-state index in [4.69, 9.17) is 0 Å². The van der Waals surface area contributed by atoms with Gasteiger partial charge >= 0.3 is 6.18 Å². The molecule has 0 saturated carbocycles. The monoisotopic (exact) mass is 377 g/mol. The lowest BCUT2D eigenvalue weighted by atomic mass is 10.0. The Hall–Kier alpha value is -1.88. The fraction of sp³-hybridized carbons (Fsp3) is 0.571. The second kappa shape index (κ2) is 6.13. The molecule has 7 nitrogen and oxygen atoms in total. The van der Waals surface area contributed by atoms with Crippen molar-refractivity contribution in [2.75, 3.05) is 6.54 Å². The summed E-state index contributed by atoms with van der Waals surface area (Å²) in [7, 11) is -1.38. The summed E-state index contributed by atoms with van der Waals surface area (Å²) in [4.78, 5) is -0.807. The molecule has 2 aromatic heterocycles. The summed E-state index contributed by atoms with van der Waals surface area (Å²) in [5.41, 5.74) is -0.714. The molecule has 138 valence electrons. The van der Waals surface area contributed by atoms with Crippen LogP contribution in [0.2, 0.25) is 0 Å². The highest BCUT2D eigenvalue weighted by Crippen LogP contribution is 2.39. The molecule has 1 aliphatic heterocycles. The van der Waals surface area contributed by atoms with Gasteiger partial charge in [0.05, 0.1) is 12.2 Å². The highest BCUT2D eigenvalue weighted by molar-refractivity contribution is 7.89. The predicted molar refractivity (Wildman–Crippen MR) is 81.9 cm³/mol. The summed E-state index contributed by atoms with van der Waals surface area (Å²) < 4.78 is 69.2. The van der Waals surface area contributed by atoms with E-state index in [1.807, 2.05) is 0 Å². The SMILES string of the molecule is Cn1cc(C2CCCCN2S(=O)(=O)c2cn(C)nc2C(F)(F)F)cn1. The van der Waals surface area contributed by atoms with Gasteiger partial charge in [0.2, 0.25) is 10.0 Å². The van der Waals surface area contributed by atoms with E-state index < -0.39 is 32.8 Å². The quantitative estimate of drug-likeness (QED) is 0.821. The van der Waals surface area contributed by atoms with Gasteiger partial charge in [0.1, 0.15) is 4.90 Å². The molecule has 1 atom stereocenters. The van der Waals surface area contributed by atoms with Crippen molar-refractivity contribution in [3.05, 3.63) is 29.8 Å². The Labute approximate surface area is 143 Å². The molecule has 1 aliphatic rings. The molecule has 3 heterocycles. The molecule has 0 aromatic carbocycles. The number of aromatic nitrogens is 4. The molecule has 1 saturated heterocycles. The van der Waals surface area contributed by atoms with Gasteiger partial charge in [0.25, 0.3) is 0 Å². The van der Waals surface area contributed by atoms with Crippen LogP contribution in [0.1, 0.15) is 36.6 Å². The van der Waals surface area contributed by atoms with Gasteiger partial charge in [-0.25, -0.2) is 8.42 Å². The molecule has 2 aromatic rings. The topological polar surface area (TPSA) is 73.0 Å². The van der Waals surface area contributed by atoms with Gasteiger partial charge in [0.15, 0.2) is 5.69 Å². The maximum Gasteiger partial charge on any atom is 0.436 e. The summed E-state index contributed by atoms with van der Waals surface area (Å²) in [5.74, 6) is 0. The Morgan fingerprint density at radius 1 is 1.16 bits per heavy atom. The van der Waals surface area contributed by atoms with E-state index in [9.17, 15) is 21.6 Å². The number of alkyl halides is 3. The zero-order valence-electron chi connectivity index (χ0n) is 13.7. The van der Waals surface area contributed by atoms with E-state index in [0.717, 1.165) is 21.6 Å². The third-order valence-electron chi connectivity index (χ3n) is 4.21. The number of piperidine rings is 1. The first-order valence-electron chi connectivity index (χ1n) is 7.72. The summed E-state index contributed by atoms with van der Waals surface area (Å²) in [6.45, 7) is 0.161. The van der Waals surface area contributed by atoms with Crippen LogP contribution in [0.4, 0.5) is 13.2 Å². The summed E-state index contributed by atoms with van der Waals surface area (Å²) in [6, 6.07) is -0.534. The van der Waals surface area contributed by atoms with Crippen LogP contribution in [0.15, 0.2) is 23.5 Å². The smallest absolute Gasteiger partial charge is 0.275 e. The molecule has 0 amide bonds. The van der Waals surface area contributed by atoms with Crippen molar-refractivity contribution < 1.29 is 21.6 Å². The van der Waals surface area contributed by atoms with Crippen molar-refractivity contribution in [2.24, 2.45) is 14.1 Å².